The van der Waals surface area contributed by atoms with E-state index in [1.807, 2.05) is 19.9 Å². The van der Waals surface area contributed by atoms with Crippen LogP contribution < -0.4 is 15.4 Å². The Morgan fingerprint density at radius 1 is 1.21 bits per heavy atom. The second kappa shape index (κ2) is 11.3. The molecule has 24 heavy (non-hydrogen) atoms. The molecule has 0 aliphatic carbocycles. The van der Waals surface area contributed by atoms with E-state index in [1.165, 1.54) is 0 Å². The summed E-state index contributed by atoms with van der Waals surface area (Å²) in [6.07, 6.45) is 1.47. The van der Waals surface area contributed by atoms with Gasteiger partial charge in [0.2, 0.25) is 11.8 Å². The Labute approximate surface area is 156 Å². The van der Waals surface area contributed by atoms with Crippen LogP contribution in [-0.2, 0) is 9.59 Å². The maximum absolute atomic E-state index is 11.7. The quantitative estimate of drug-likeness (QED) is 0.570. The zero-order valence-corrected chi connectivity index (χ0v) is 16.4. The van der Waals surface area contributed by atoms with Gasteiger partial charge in [-0.2, -0.15) is 0 Å². The zero-order chi connectivity index (χ0) is 17.9. The fourth-order valence-corrected chi connectivity index (χ4v) is 2.67. The minimum atomic E-state index is -0.0568. The molecule has 0 atom stereocenters. The summed E-state index contributed by atoms with van der Waals surface area (Å²) in [5.74, 6) is 0.893. The number of hydrogen-bond donors (Lipinski definition) is 2. The molecule has 0 unspecified atom stereocenters. The second-order valence-electron chi connectivity index (χ2n) is 5.82. The van der Waals surface area contributed by atoms with Gasteiger partial charge in [0.25, 0.3) is 0 Å². The third kappa shape index (κ3) is 9.13. The normalized spacial score (nSPS) is 10.5. The molecule has 134 valence electrons. The van der Waals surface area contributed by atoms with Crippen molar-refractivity contribution in [1.82, 2.24) is 10.6 Å². The summed E-state index contributed by atoms with van der Waals surface area (Å²) in [6.45, 7) is 5.28. The van der Waals surface area contributed by atoms with E-state index in [4.69, 9.17) is 16.3 Å². The molecule has 0 saturated carbocycles. The van der Waals surface area contributed by atoms with Crippen molar-refractivity contribution in [2.45, 2.75) is 33.1 Å². The van der Waals surface area contributed by atoms with E-state index >= 15 is 0 Å². The van der Waals surface area contributed by atoms with Gasteiger partial charge in [-0.15, -0.1) is 0 Å². The van der Waals surface area contributed by atoms with E-state index in [2.05, 4.69) is 26.6 Å². The van der Waals surface area contributed by atoms with Crippen molar-refractivity contribution in [3.05, 3.63) is 27.7 Å². The third-order valence-electron chi connectivity index (χ3n) is 3.06. The molecule has 0 fully saturated rings. The van der Waals surface area contributed by atoms with Crippen LogP contribution in [0.5, 0.6) is 5.75 Å². The summed E-state index contributed by atoms with van der Waals surface area (Å²) in [5.41, 5.74) is 0. The fraction of sp³-hybridized carbons (Fsp3) is 0.529. The highest BCUT2D eigenvalue weighted by Crippen LogP contribution is 2.27. The molecular weight excluding hydrogens is 396 g/mol. The average molecular weight is 420 g/mol. The molecule has 0 heterocycles. The molecule has 0 radical (unpaired) electrons. The molecule has 1 rings (SSSR count). The molecule has 0 aliphatic heterocycles. The number of benzene rings is 1. The standard InChI is InChI=1S/C17H24BrClN2O3/c1-12(2)10-17(23)21-8-7-20-16(22)4-3-9-24-15-6-5-13(18)11-14(15)19/h5-6,11-12H,3-4,7-10H2,1-2H3,(H,20,22)(H,21,23). The van der Waals surface area contributed by atoms with Gasteiger partial charge in [0, 0.05) is 30.4 Å². The number of rotatable bonds is 10. The summed E-state index contributed by atoms with van der Waals surface area (Å²) >= 11 is 9.37. The van der Waals surface area contributed by atoms with Crippen molar-refractivity contribution in [1.29, 1.82) is 0 Å². The lowest BCUT2D eigenvalue weighted by Gasteiger charge is -2.09. The Bertz CT molecular complexity index is 553. The van der Waals surface area contributed by atoms with Crippen molar-refractivity contribution in [3.63, 3.8) is 0 Å². The Kier molecular flexibility index (Phi) is 9.79. The first-order valence-corrected chi connectivity index (χ1v) is 9.17. The van der Waals surface area contributed by atoms with E-state index in [0.29, 0.717) is 55.6 Å². The Morgan fingerprint density at radius 3 is 2.50 bits per heavy atom. The Hall–Kier alpha value is -1.27. The summed E-state index contributed by atoms with van der Waals surface area (Å²) < 4.78 is 6.44. The first kappa shape index (κ1) is 20.8. The molecule has 5 nitrogen and oxygen atoms in total. The number of carbonyl (C=O) groups excluding carboxylic acids is 2. The van der Waals surface area contributed by atoms with Crippen LogP contribution in [0.1, 0.15) is 33.1 Å². The number of amides is 2. The highest BCUT2D eigenvalue weighted by atomic mass is 79.9. The van der Waals surface area contributed by atoms with E-state index in [0.717, 1.165) is 4.47 Å². The van der Waals surface area contributed by atoms with E-state index < -0.39 is 0 Å². The minimum absolute atomic E-state index is 0.0130. The van der Waals surface area contributed by atoms with Crippen molar-refractivity contribution in [2.24, 2.45) is 5.92 Å². The lowest BCUT2D eigenvalue weighted by atomic mass is 10.1. The van der Waals surface area contributed by atoms with Gasteiger partial charge in [-0.05, 0) is 30.5 Å². The molecule has 0 aromatic heterocycles. The van der Waals surface area contributed by atoms with Gasteiger partial charge in [0.1, 0.15) is 5.75 Å². The van der Waals surface area contributed by atoms with Crippen LogP contribution in [0.2, 0.25) is 5.02 Å². The number of nitrogens with one attached hydrogen (secondary N) is 2. The predicted octanol–water partition coefficient (Wildman–Crippen LogP) is 3.54. The first-order chi connectivity index (χ1) is 11.4. The average Bonchev–Trinajstić information content (AvgIpc) is 2.49. The van der Waals surface area contributed by atoms with Crippen LogP contribution in [0, 0.1) is 5.92 Å². The van der Waals surface area contributed by atoms with Gasteiger partial charge in [-0.1, -0.05) is 41.4 Å². The molecule has 0 bridgehead atoms. The van der Waals surface area contributed by atoms with Crippen LogP contribution in [0.4, 0.5) is 0 Å². The van der Waals surface area contributed by atoms with Crippen LogP contribution in [0.3, 0.4) is 0 Å². The van der Waals surface area contributed by atoms with E-state index in [9.17, 15) is 9.59 Å². The SMILES string of the molecule is CC(C)CC(=O)NCCNC(=O)CCCOc1ccc(Br)cc1Cl. The minimum Gasteiger partial charge on any atom is -0.492 e. The highest BCUT2D eigenvalue weighted by molar-refractivity contribution is 9.10. The Morgan fingerprint density at radius 2 is 1.88 bits per heavy atom. The van der Waals surface area contributed by atoms with Crippen LogP contribution >= 0.6 is 27.5 Å². The van der Waals surface area contributed by atoms with Crippen LogP contribution in [-0.4, -0.2) is 31.5 Å². The smallest absolute Gasteiger partial charge is 0.220 e. The molecule has 2 amide bonds. The molecule has 0 saturated heterocycles. The second-order valence-corrected chi connectivity index (χ2v) is 7.15. The van der Waals surface area contributed by atoms with Crippen molar-refractivity contribution >= 4 is 39.3 Å². The van der Waals surface area contributed by atoms with E-state index in [-0.39, 0.29) is 11.8 Å². The molecule has 1 aromatic rings. The summed E-state index contributed by atoms with van der Waals surface area (Å²) in [6, 6.07) is 5.39. The number of hydrogen-bond acceptors (Lipinski definition) is 3. The lowest BCUT2D eigenvalue weighted by Crippen LogP contribution is -2.35. The molecule has 0 aliphatic rings. The fourth-order valence-electron chi connectivity index (χ4n) is 1.94. The topological polar surface area (TPSA) is 67.4 Å². The van der Waals surface area contributed by atoms with Gasteiger partial charge in [-0.25, -0.2) is 0 Å². The molecule has 7 heteroatoms. The zero-order valence-electron chi connectivity index (χ0n) is 14.0. The highest BCUT2D eigenvalue weighted by Gasteiger charge is 2.06. The predicted molar refractivity (Wildman–Crippen MR) is 99.4 cm³/mol. The summed E-state index contributed by atoms with van der Waals surface area (Å²) in [5, 5.41) is 6.07. The Balaban J connectivity index is 2.09. The summed E-state index contributed by atoms with van der Waals surface area (Å²) in [4.78, 5) is 23.1. The van der Waals surface area contributed by atoms with Gasteiger partial charge < -0.3 is 15.4 Å². The van der Waals surface area contributed by atoms with Crippen molar-refractivity contribution in [3.8, 4) is 5.75 Å². The van der Waals surface area contributed by atoms with E-state index in [1.54, 1.807) is 12.1 Å². The molecular formula is C17H24BrClN2O3. The third-order valence-corrected chi connectivity index (χ3v) is 3.85. The molecule has 0 spiro atoms. The lowest BCUT2D eigenvalue weighted by molar-refractivity contribution is -0.123. The van der Waals surface area contributed by atoms with Gasteiger partial charge in [0.15, 0.2) is 0 Å². The number of ether oxygens (including phenoxy) is 1. The monoisotopic (exact) mass is 418 g/mol. The molecule has 1 aromatic carbocycles. The first-order valence-electron chi connectivity index (χ1n) is 7.99. The van der Waals surface area contributed by atoms with Crippen molar-refractivity contribution in [2.75, 3.05) is 19.7 Å². The largest absolute Gasteiger partial charge is 0.492 e. The van der Waals surface area contributed by atoms with Gasteiger partial charge in [0.05, 0.1) is 11.6 Å². The maximum Gasteiger partial charge on any atom is 0.220 e. The summed E-state index contributed by atoms with van der Waals surface area (Å²) in [7, 11) is 0. The number of carbonyl (C=O) groups is 2. The van der Waals surface area contributed by atoms with Crippen LogP contribution in [0.15, 0.2) is 22.7 Å². The number of halogens is 2. The van der Waals surface area contributed by atoms with Gasteiger partial charge >= 0.3 is 0 Å². The van der Waals surface area contributed by atoms with Gasteiger partial charge in [-0.3, -0.25) is 9.59 Å². The van der Waals surface area contributed by atoms with Crippen molar-refractivity contribution < 1.29 is 14.3 Å². The molecule has 2 N–H and O–H groups in total. The van der Waals surface area contributed by atoms with Crippen LogP contribution in [0.25, 0.3) is 0 Å². The maximum atomic E-state index is 11.7.